The number of carbonyl (C=O) groups is 1. The zero-order valence-electron chi connectivity index (χ0n) is 8.89. The highest BCUT2D eigenvalue weighted by Gasteiger charge is 2.04. The molecule has 0 heterocycles. The van der Waals surface area contributed by atoms with Crippen molar-refractivity contribution in [1.82, 2.24) is 0 Å². The standard InChI is InChI=1S/C7H15NO.C3H8/c1-6(2)7(9)4-3-5-8;1-3-2/h6H,3-5,8H2,1-2H3;3H2,1-2H3. The molecule has 0 radical (unpaired) electrons. The average Bonchev–Trinajstić information content (AvgIpc) is 2.01. The molecule has 2 nitrogen and oxygen atoms in total. The van der Waals surface area contributed by atoms with E-state index >= 15 is 0 Å². The minimum Gasteiger partial charge on any atom is -0.330 e. The van der Waals surface area contributed by atoms with Gasteiger partial charge in [-0.1, -0.05) is 34.1 Å². The second-order valence-corrected chi connectivity index (χ2v) is 3.22. The Balaban J connectivity index is 0. The first kappa shape index (κ1) is 14.2. The van der Waals surface area contributed by atoms with Gasteiger partial charge in [0.05, 0.1) is 0 Å². The molecule has 0 atom stereocenters. The maximum Gasteiger partial charge on any atom is 0.135 e. The first-order valence-corrected chi connectivity index (χ1v) is 4.82. The van der Waals surface area contributed by atoms with Crippen LogP contribution in [0.25, 0.3) is 0 Å². The van der Waals surface area contributed by atoms with Crippen LogP contribution in [0.4, 0.5) is 0 Å². The highest BCUT2D eigenvalue weighted by molar-refractivity contribution is 5.80. The molecule has 0 aromatic heterocycles. The Hall–Kier alpha value is -0.370. The maximum atomic E-state index is 10.8. The molecule has 0 aromatic rings. The highest BCUT2D eigenvalue weighted by Crippen LogP contribution is 1.99. The van der Waals surface area contributed by atoms with Crippen molar-refractivity contribution in [2.45, 2.75) is 47.0 Å². The van der Waals surface area contributed by atoms with E-state index in [4.69, 9.17) is 5.73 Å². The van der Waals surface area contributed by atoms with Crippen molar-refractivity contribution < 1.29 is 4.79 Å². The highest BCUT2D eigenvalue weighted by atomic mass is 16.1. The third kappa shape index (κ3) is 12.3. The van der Waals surface area contributed by atoms with E-state index in [-0.39, 0.29) is 5.92 Å². The Morgan fingerprint density at radius 3 is 2.00 bits per heavy atom. The van der Waals surface area contributed by atoms with E-state index in [1.165, 1.54) is 6.42 Å². The van der Waals surface area contributed by atoms with Gasteiger partial charge in [0.1, 0.15) is 5.78 Å². The van der Waals surface area contributed by atoms with Crippen LogP contribution in [0.3, 0.4) is 0 Å². The lowest BCUT2D eigenvalue weighted by Crippen LogP contribution is -2.09. The van der Waals surface area contributed by atoms with E-state index in [1.54, 1.807) is 0 Å². The number of nitrogens with two attached hydrogens (primary N) is 1. The largest absolute Gasteiger partial charge is 0.330 e. The van der Waals surface area contributed by atoms with Gasteiger partial charge in [-0.05, 0) is 13.0 Å². The van der Waals surface area contributed by atoms with Crippen molar-refractivity contribution in [3.63, 3.8) is 0 Å². The van der Waals surface area contributed by atoms with Gasteiger partial charge < -0.3 is 5.73 Å². The molecule has 0 amide bonds. The zero-order valence-corrected chi connectivity index (χ0v) is 8.89. The second-order valence-electron chi connectivity index (χ2n) is 3.22. The molecule has 0 fully saturated rings. The van der Waals surface area contributed by atoms with Gasteiger partial charge in [-0.2, -0.15) is 0 Å². The second kappa shape index (κ2) is 10.6. The SMILES string of the molecule is CC(C)C(=O)CCCN.CCC. The molecule has 0 bridgehead atoms. The summed E-state index contributed by atoms with van der Waals surface area (Å²) in [5.74, 6) is 0.497. The number of ketones is 1. The van der Waals surface area contributed by atoms with E-state index in [2.05, 4.69) is 13.8 Å². The Morgan fingerprint density at radius 1 is 1.33 bits per heavy atom. The summed E-state index contributed by atoms with van der Waals surface area (Å²) in [6.45, 7) is 8.70. The average molecular weight is 173 g/mol. The van der Waals surface area contributed by atoms with Gasteiger partial charge in [0.25, 0.3) is 0 Å². The van der Waals surface area contributed by atoms with Crippen LogP contribution in [0.15, 0.2) is 0 Å². The van der Waals surface area contributed by atoms with Crippen molar-refractivity contribution in [1.29, 1.82) is 0 Å². The predicted octanol–water partition coefficient (Wildman–Crippen LogP) is 2.37. The van der Waals surface area contributed by atoms with Crippen molar-refractivity contribution >= 4 is 5.78 Å². The Bertz CT molecular complexity index is 100. The van der Waals surface area contributed by atoms with Crippen LogP contribution >= 0.6 is 0 Å². The molecule has 0 aliphatic heterocycles. The summed E-state index contributed by atoms with van der Waals surface area (Å²) in [6, 6.07) is 0. The summed E-state index contributed by atoms with van der Waals surface area (Å²) < 4.78 is 0. The number of rotatable bonds is 4. The van der Waals surface area contributed by atoms with Gasteiger partial charge in [-0.15, -0.1) is 0 Å². The lowest BCUT2D eigenvalue weighted by molar-refractivity contribution is -0.121. The molecule has 0 aliphatic carbocycles. The number of Topliss-reactive ketones (excluding diaryl/α,β-unsaturated/α-hetero) is 1. The third-order valence-electron chi connectivity index (χ3n) is 1.27. The summed E-state index contributed by atoms with van der Waals surface area (Å²) in [4.78, 5) is 10.8. The molecular formula is C10H23NO. The zero-order chi connectivity index (χ0) is 9.98. The molecule has 0 rings (SSSR count). The van der Waals surface area contributed by atoms with Crippen LogP contribution in [0.1, 0.15) is 47.0 Å². The first-order valence-electron chi connectivity index (χ1n) is 4.82. The maximum absolute atomic E-state index is 10.8. The summed E-state index contributed by atoms with van der Waals surface area (Å²) in [5.41, 5.74) is 5.22. The van der Waals surface area contributed by atoms with Gasteiger partial charge in [0.2, 0.25) is 0 Å². The van der Waals surface area contributed by atoms with E-state index in [9.17, 15) is 4.79 Å². The molecule has 2 N–H and O–H groups in total. The van der Waals surface area contributed by atoms with Crippen LogP contribution in [-0.4, -0.2) is 12.3 Å². The Morgan fingerprint density at radius 2 is 1.75 bits per heavy atom. The molecule has 0 saturated carbocycles. The number of hydrogen-bond donors (Lipinski definition) is 1. The van der Waals surface area contributed by atoms with Crippen LogP contribution in [-0.2, 0) is 4.79 Å². The van der Waals surface area contributed by atoms with E-state index < -0.39 is 0 Å². The van der Waals surface area contributed by atoms with Crippen LogP contribution in [0, 0.1) is 5.92 Å². The monoisotopic (exact) mass is 173 g/mol. The smallest absolute Gasteiger partial charge is 0.135 e. The topological polar surface area (TPSA) is 43.1 Å². The van der Waals surface area contributed by atoms with Gasteiger partial charge >= 0.3 is 0 Å². The third-order valence-corrected chi connectivity index (χ3v) is 1.27. The molecule has 0 aliphatic rings. The van der Waals surface area contributed by atoms with Crippen molar-refractivity contribution in [3.05, 3.63) is 0 Å². The summed E-state index contributed by atoms with van der Waals surface area (Å²) in [5, 5.41) is 0. The van der Waals surface area contributed by atoms with Crippen molar-refractivity contribution in [2.24, 2.45) is 11.7 Å². The molecule has 0 spiro atoms. The Kier molecular flexibility index (Phi) is 12.6. The normalized spacial score (nSPS) is 9.17. The molecular weight excluding hydrogens is 150 g/mol. The van der Waals surface area contributed by atoms with Gasteiger partial charge in [0.15, 0.2) is 0 Å². The number of hydrogen-bond acceptors (Lipinski definition) is 2. The summed E-state index contributed by atoms with van der Waals surface area (Å²) in [7, 11) is 0. The molecule has 2 heteroatoms. The molecule has 0 unspecified atom stereocenters. The van der Waals surface area contributed by atoms with Gasteiger partial charge in [0, 0.05) is 12.3 Å². The first-order chi connectivity index (χ1) is 5.59. The minimum atomic E-state index is 0.177. The molecule has 12 heavy (non-hydrogen) atoms. The summed E-state index contributed by atoms with van der Waals surface area (Å²) in [6.07, 6.45) is 2.73. The fraction of sp³-hybridized carbons (Fsp3) is 0.900. The predicted molar refractivity (Wildman–Crippen MR) is 54.1 cm³/mol. The quantitative estimate of drug-likeness (QED) is 0.709. The van der Waals surface area contributed by atoms with E-state index in [0.29, 0.717) is 18.7 Å². The van der Waals surface area contributed by atoms with Crippen molar-refractivity contribution in [3.8, 4) is 0 Å². The number of carbonyl (C=O) groups excluding carboxylic acids is 1. The lowest BCUT2D eigenvalue weighted by atomic mass is 10.1. The molecule has 0 aromatic carbocycles. The lowest BCUT2D eigenvalue weighted by Gasteiger charge is -2.00. The molecule has 74 valence electrons. The van der Waals surface area contributed by atoms with Gasteiger partial charge in [-0.3, -0.25) is 4.79 Å². The van der Waals surface area contributed by atoms with E-state index in [1.807, 2.05) is 13.8 Å². The minimum absolute atomic E-state index is 0.177. The summed E-state index contributed by atoms with van der Waals surface area (Å²) >= 11 is 0. The Labute approximate surface area is 76.5 Å². The van der Waals surface area contributed by atoms with Crippen LogP contribution in [0.5, 0.6) is 0 Å². The van der Waals surface area contributed by atoms with E-state index in [0.717, 1.165) is 6.42 Å². The van der Waals surface area contributed by atoms with Gasteiger partial charge in [-0.25, -0.2) is 0 Å². The fourth-order valence-corrected chi connectivity index (χ4v) is 0.565. The fourth-order valence-electron chi connectivity index (χ4n) is 0.565. The molecule has 0 saturated heterocycles. The van der Waals surface area contributed by atoms with Crippen molar-refractivity contribution in [2.75, 3.05) is 6.54 Å². The van der Waals surface area contributed by atoms with Crippen LogP contribution in [0.2, 0.25) is 0 Å². The van der Waals surface area contributed by atoms with Crippen LogP contribution < -0.4 is 5.73 Å².